The highest BCUT2D eigenvalue weighted by atomic mass is 32.2. The van der Waals surface area contributed by atoms with Gasteiger partial charge in [-0.1, -0.05) is 9.67 Å². The lowest BCUT2D eigenvalue weighted by atomic mass is 10.0. The fourth-order valence-electron chi connectivity index (χ4n) is 4.12. The summed E-state index contributed by atoms with van der Waals surface area (Å²) in [5.74, 6) is -2.05. The molecule has 2 amide bonds. The molecule has 1 saturated heterocycles. The van der Waals surface area contributed by atoms with Crippen molar-refractivity contribution in [2.24, 2.45) is 5.16 Å². The number of carbonyl (C=O) groups is 3. The Kier molecular flexibility index (Phi) is 6.09. The largest absolute Gasteiger partial charge is 0.477 e. The maximum atomic E-state index is 13.0. The molecule has 0 bridgehead atoms. The van der Waals surface area contributed by atoms with Crippen molar-refractivity contribution in [1.82, 2.24) is 24.8 Å². The number of fused-ring (bicyclic) bond motifs is 2. The van der Waals surface area contributed by atoms with E-state index in [4.69, 9.17) is 10.6 Å². The number of rotatable bonds is 7. The van der Waals surface area contributed by atoms with Crippen LogP contribution in [0.1, 0.15) is 11.3 Å². The van der Waals surface area contributed by atoms with Crippen LogP contribution in [0.2, 0.25) is 0 Å². The second kappa shape index (κ2) is 9.23. The number of nitrogens with one attached hydrogen (secondary N) is 1. The number of aromatic nitrogens is 4. The monoisotopic (exact) mass is 529 g/mol. The Morgan fingerprint density at radius 2 is 2.22 bits per heavy atom. The fraction of sp³-hybridized carbons (Fsp3) is 0.286. The third kappa shape index (κ3) is 4.05. The molecule has 13 nitrogen and oxygen atoms in total. The zero-order chi connectivity index (χ0) is 25.6. The average Bonchev–Trinajstić information content (AvgIpc) is 3.45. The van der Waals surface area contributed by atoms with Crippen LogP contribution in [0, 0.1) is 6.92 Å². The van der Waals surface area contributed by atoms with Gasteiger partial charge in [0.25, 0.3) is 23.8 Å². The Bertz CT molecular complexity index is 1460. The number of β-lactam (4-membered cyclic amide) rings is 1. The molecular weight excluding hydrogens is 508 g/mol. The number of hydrogen-bond acceptors (Lipinski definition) is 10. The molecule has 3 aromatic rings. The lowest BCUT2D eigenvalue weighted by molar-refractivity contribution is -0.664. The fourth-order valence-corrected chi connectivity index (χ4v) is 6.00. The van der Waals surface area contributed by atoms with E-state index in [1.807, 2.05) is 29.8 Å². The number of carboxylic acids is 1. The quantitative estimate of drug-likeness (QED) is 0.162. The number of thioether (sulfide) groups is 1. The topological polar surface area (TPSA) is 168 Å². The summed E-state index contributed by atoms with van der Waals surface area (Å²) in [5, 5.41) is 21.9. The lowest BCUT2D eigenvalue weighted by Gasteiger charge is -2.49. The van der Waals surface area contributed by atoms with Crippen LogP contribution in [0.25, 0.3) is 5.65 Å². The predicted octanol–water partition coefficient (Wildman–Crippen LogP) is -0.242. The number of pyridine rings is 1. The van der Waals surface area contributed by atoms with Crippen molar-refractivity contribution in [3.63, 3.8) is 0 Å². The Balaban J connectivity index is 1.37. The summed E-state index contributed by atoms with van der Waals surface area (Å²) >= 11 is 2.51. The summed E-state index contributed by atoms with van der Waals surface area (Å²) in [6.07, 6.45) is 3.50. The van der Waals surface area contributed by atoms with Crippen molar-refractivity contribution in [3.05, 3.63) is 52.6 Å². The van der Waals surface area contributed by atoms with Gasteiger partial charge in [0.15, 0.2) is 10.8 Å². The molecule has 5 rings (SSSR count). The number of nitrogens with zero attached hydrogens (tertiary/aromatic N) is 6. The Hall–Kier alpha value is -3.98. The summed E-state index contributed by atoms with van der Waals surface area (Å²) in [5.41, 5.74) is 8.05. The van der Waals surface area contributed by atoms with E-state index in [1.165, 1.54) is 23.8 Å². The van der Waals surface area contributed by atoms with Crippen molar-refractivity contribution in [2.45, 2.75) is 24.9 Å². The van der Waals surface area contributed by atoms with Gasteiger partial charge >= 0.3 is 5.97 Å². The number of thiazole rings is 1. The molecule has 36 heavy (non-hydrogen) atoms. The molecule has 15 heteroatoms. The second-order valence-corrected chi connectivity index (χ2v) is 10.1. The first kappa shape index (κ1) is 23.7. The molecule has 0 spiro atoms. The van der Waals surface area contributed by atoms with Gasteiger partial charge in [-0.2, -0.15) is 0 Å². The van der Waals surface area contributed by atoms with Gasteiger partial charge in [-0.15, -0.1) is 23.1 Å². The maximum absolute atomic E-state index is 13.0. The molecule has 0 aromatic carbocycles. The lowest BCUT2D eigenvalue weighted by Crippen LogP contribution is -2.71. The molecule has 186 valence electrons. The first-order valence-corrected chi connectivity index (χ1v) is 12.6. The smallest absolute Gasteiger partial charge is 0.352 e. The Morgan fingerprint density at radius 1 is 1.42 bits per heavy atom. The minimum Gasteiger partial charge on any atom is -0.477 e. The molecule has 0 saturated carbocycles. The van der Waals surface area contributed by atoms with Crippen LogP contribution < -0.4 is 15.6 Å². The molecule has 4 N–H and O–H groups in total. The van der Waals surface area contributed by atoms with Crippen molar-refractivity contribution in [2.75, 3.05) is 18.6 Å². The van der Waals surface area contributed by atoms with Gasteiger partial charge in [0.1, 0.15) is 36.1 Å². The second-order valence-electron chi connectivity index (χ2n) is 8.08. The molecule has 1 fully saturated rings. The number of hydrogen-bond donors (Lipinski definition) is 3. The summed E-state index contributed by atoms with van der Waals surface area (Å²) in [4.78, 5) is 48.2. The third-order valence-corrected chi connectivity index (χ3v) is 7.74. The minimum absolute atomic E-state index is 0.0775. The van der Waals surface area contributed by atoms with Gasteiger partial charge in [-0.05, 0) is 18.6 Å². The predicted molar refractivity (Wildman–Crippen MR) is 130 cm³/mol. The van der Waals surface area contributed by atoms with E-state index < -0.39 is 29.2 Å². The zero-order valence-electron chi connectivity index (χ0n) is 19.1. The molecule has 5 heterocycles. The molecule has 2 aliphatic heterocycles. The van der Waals surface area contributed by atoms with Crippen molar-refractivity contribution < 1.29 is 28.9 Å². The van der Waals surface area contributed by atoms with E-state index in [2.05, 4.69) is 20.6 Å². The van der Waals surface area contributed by atoms with E-state index >= 15 is 0 Å². The number of aliphatic carboxylic acids is 1. The molecule has 2 atom stereocenters. The van der Waals surface area contributed by atoms with Gasteiger partial charge < -0.3 is 21.0 Å². The number of carbonyl (C=O) groups excluding carboxylic acids is 2. The highest BCUT2D eigenvalue weighted by Gasteiger charge is 2.54. The Morgan fingerprint density at radius 3 is 2.92 bits per heavy atom. The van der Waals surface area contributed by atoms with E-state index in [-0.39, 0.29) is 28.8 Å². The van der Waals surface area contributed by atoms with Crippen LogP contribution in [0.3, 0.4) is 0 Å². The average molecular weight is 530 g/mol. The van der Waals surface area contributed by atoms with Crippen LogP contribution >= 0.6 is 23.1 Å². The third-order valence-electron chi connectivity index (χ3n) is 5.73. The number of anilines is 1. The van der Waals surface area contributed by atoms with Crippen LogP contribution in [0.15, 0.2) is 46.5 Å². The number of amides is 2. The number of carboxylic acid groups (broad SMARTS) is 1. The van der Waals surface area contributed by atoms with Gasteiger partial charge in [0, 0.05) is 27.9 Å². The van der Waals surface area contributed by atoms with Gasteiger partial charge in [0.05, 0.1) is 6.54 Å². The molecular formula is C21H21N8O5S2+. The summed E-state index contributed by atoms with van der Waals surface area (Å²) in [6, 6.07) is 2.92. The number of aryl methyl sites for hydroxylation is 1. The van der Waals surface area contributed by atoms with Gasteiger partial charge in [-0.3, -0.25) is 14.5 Å². The number of oxime groups is 1. The first-order chi connectivity index (χ1) is 17.3. The standard InChI is InChI=1S/C21H20N8O5S2/c1-10-3-4-13-27(9-23-28(13)5-10)6-11-7-35-19-15(18(31)29(19)16(11)20(32)33)25-17(30)14(26-34-2)12-8-36-21(22)24-12/h3-5,8-9,15,19H,6-7H2,1-2H3,(H3-,22,24,25,30,32,33)/p+1/b26-14-/t15-,19-/m1/s1. The summed E-state index contributed by atoms with van der Waals surface area (Å²) in [7, 11) is 1.28. The molecule has 2 aliphatic rings. The highest BCUT2D eigenvalue weighted by molar-refractivity contribution is 8.00. The maximum Gasteiger partial charge on any atom is 0.352 e. The van der Waals surface area contributed by atoms with Crippen molar-refractivity contribution in [3.8, 4) is 0 Å². The van der Waals surface area contributed by atoms with Crippen LogP contribution in [-0.4, -0.2) is 72.4 Å². The molecule has 3 aromatic heterocycles. The molecule has 0 aliphatic carbocycles. The van der Waals surface area contributed by atoms with Crippen molar-refractivity contribution >= 4 is 57.4 Å². The van der Waals surface area contributed by atoms with Crippen LogP contribution in [-0.2, 0) is 25.8 Å². The highest BCUT2D eigenvalue weighted by Crippen LogP contribution is 2.40. The zero-order valence-corrected chi connectivity index (χ0v) is 20.7. The normalized spacial score (nSPS) is 19.8. The SMILES string of the molecule is CO/N=C(\C(=O)N[C@@H]1C(=O)N2C(C(=O)O)=C(C[n+]3cnn4cc(C)ccc43)CS[C@H]12)c1csc(N)n1. The van der Waals surface area contributed by atoms with Gasteiger partial charge in [0.2, 0.25) is 0 Å². The summed E-state index contributed by atoms with van der Waals surface area (Å²) < 4.78 is 3.54. The number of nitrogens with two attached hydrogens (primary N) is 1. The first-order valence-electron chi connectivity index (χ1n) is 10.6. The Labute approximate surface area is 212 Å². The molecule has 0 radical (unpaired) electrons. The van der Waals surface area contributed by atoms with E-state index in [1.54, 1.807) is 16.2 Å². The van der Waals surface area contributed by atoms with E-state index in [9.17, 15) is 19.5 Å². The van der Waals surface area contributed by atoms with Crippen LogP contribution in [0.5, 0.6) is 0 Å². The summed E-state index contributed by atoms with van der Waals surface area (Å²) in [6.45, 7) is 2.21. The van der Waals surface area contributed by atoms with Gasteiger partial charge in [-0.25, -0.2) is 14.3 Å². The molecule has 0 unspecified atom stereocenters. The van der Waals surface area contributed by atoms with Crippen molar-refractivity contribution in [1.29, 1.82) is 0 Å². The number of nitrogen functional groups attached to an aromatic ring is 1. The van der Waals surface area contributed by atoms with E-state index in [0.29, 0.717) is 11.3 Å². The minimum atomic E-state index is -1.21. The van der Waals surface area contributed by atoms with E-state index in [0.717, 1.165) is 22.5 Å². The van der Waals surface area contributed by atoms with Crippen LogP contribution in [0.4, 0.5) is 5.13 Å².